The Balaban J connectivity index is 1.20. The topological polar surface area (TPSA) is 107 Å². The lowest BCUT2D eigenvalue weighted by Crippen LogP contribution is -2.45. The number of benzene rings is 3. The Labute approximate surface area is 287 Å². The number of primary amides is 1. The fraction of sp³-hybridized carbons (Fsp3) is 0.389. The molecule has 2 N–H and O–H groups in total. The lowest BCUT2D eigenvalue weighted by molar-refractivity contribution is -0.155. The first-order valence-electron chi connectivity index (χ1n) is 15.9. The predicted molar refractivity (Wildman–Crippen MR) is 179 cm³/mol. The summed E-state index contributed by atoms with van der Waals surface area (Å²) in [7, 11) is 0. The fourth-order valence-electron chi connectivity index (χ4n) is 5.96. The first kappa shape index (κ1) is 35.6. The number of nitrogens with zero attached hydrogens (tertiary/aromatic N) is 3. The third-order valence-corrected chi connectivity index (χ3v) is 9.72. The van der Waals surface area contributed by atoms with E-state index in [1.54, 1.807) is 51.1 Å². The van der Waals surface area contributed by atoms with Crippen molar-refractivity contribution >= 4 is 40.9 Å². The molecule has 1 atom stereocenters. The molecule has 3 aromatic rings. The van der Waals surface area contributed by atoms with Gasteiger partial charge in [-0.15, -0.1) is 11.8 Å². The van der Waals surface area contributed by atoms with Crippen molar-refractivity contribution in [3.8, 4) is 5.75 Å². The number of anilines is 1. The van der Waals surface area contributed by atoms with Crippen LogP contribution in [0.1, 0.15) is 67.9 Å². The van der Waals surface area contributed by atoms with Crippen molar-refractivity contribution < 1.29 is 37.0 Å². The summed E-state index contributed by atoms with van der Waals surface area (Å²) in [5.74, 6) is -3.95. The molecular weight excluding hydrogens is 657 g/mol. The number of fused-ring (bicyclic) bond motifs is 1. The molecule has 2 heterocycles. The number of halogens is 3. The van der Waals surface area contributed by atoms with Crippen LogP contribution in [0, 0.1) is 24.0 Å². The van der Waals surface area contributed by atoms with E-state index in [-0.39, 0.29) is 58.7 Å². The molecule has 5 rings (SSSR count). The van der Waals surface area contributed by atoms with Gasteiger partial charge in [0.2, 0.25) is 5.91 Å². The fourth-order valence-corrected chi connectivity index (χ4v) is 7.10. The van der Waals surface area contributed by atoms with E-state index >= 15 is 8.78 Å². The predicted octanol–water partition coefficient (Wildman–Crippen LogP) is 6.93. The molecule has 0 saturated carbocycles. The summed E-state index contributed by atoms with van der Waals surface area (Å²) in [4.78, 5) is 44.5. The van der Waals surface area contributed by atoms with Crippen LogP contribution in [-0.2, 0) is 27.5 Å². The van der Waals surface area contributed by atoms with Gasteiger partial charge in [-0.3, -0.25) is 14.4 Å². The summed E-state index contributed by atoms with van der Waals surface area (Å²) in [6.07, 6.45) is 1.12. The van der Waals surface area contributed by atoms with Crippen LogP contribution in [0.15, 0.2) is 53.4 Å². The Morgan fingerprint density at radius 3 is 2.47 bits per heavy atom. The first-order valence-corrected chi connectivity index (χ1v) is 16.8. The van der Waals surface area contributed by atoms with Crippen LogP contribution in [0.3, 0.4) is 0 Å². The second-order valence-corrected chi connectivity index (χ2v) is 14.3. The number of carbonyl (C=O) groups is 3. The quantitative estimate of drug-likeness (QED) is 0.172. The molecule has 0 radical (unpaired) electrons. The van der Waals surface area contributed by atoms with Gasteiger partial charge in [0.15, 0.2) is 17.3 Å². The molecule has 1 fully saturated rings. The molecule has 0 spiro atoms. The van der Waals surface area contributed by atoms with Gasteiger partial charge in [-0.1, -0.05) is 18.2 Å². The zero-order valence-electron chi connectivity index (χ0n) is 27.4. The number of hydrogen-bond donors (Lipinski definition) is 1. The van der Waals surface area contributed by atoms with E-state index in [9.17, 15) is 18.8 Å². The van der Waals surface area contributed by atoms with Crippen molar-refractivity contribution in [2.24, 2.45) is 5.73 Å². The van der Waals surface area contributed by atoms with Gasteiger partial charge in [-0.2, -0.15) is 0 Å². The zero-order chi connectivity index (χ0) is 35.5. The van der Waals surface area contributed by atoms with Gasteiger partial charge in [-0.25, -0.2) is 18.0 Å². The highest BCUT2D eigenvalue weighted by atomic mass is 32.2. The Hall–Kier alpha value is -4.70. The lowest BCUT2D eigenvalue weighted by atomic mass is 10.1. The molecule has 258 valence electrons. The zero-order valence-corrected chi connectivity index (χ0v) is 28.2. The average molecular weight is 695 g/mol. The van der Waals surface area contributed by atoms with Gasteiger partial charge in [0.25, 0.3) is 5.91 Å². The highest BCUT2D eigenvalue weighted by molar-refractivity contribution is 8.00. The number of hydrogen-bond acceptors (Lipinski definition) is 7. The molecule has 13 heteroatoms. The summed E-state index contributed by atoms with van der Waals surface area (Å²) in [6.45, 7) is 13.0. The molecule has 49 heavy (non-hydrogen) atoms. The third-order valence-electron chi connectivity index (χ3n) is 8.35. The Kier molecular flexibility index (Phi) is 10.8. The van der Waals surface area contributed by atoms with Crippen molar-refractivity contribution in [1.82, 2.24) is 4.90 Å². The number of amides is 2. The second kappa shape index (κ2) is 14.8. The molecule has 0 aliphatic carbocycles. The molecule has 2 amide bonds. The van der Waals surface area contributed by atoms with Crippen LogP contribution in [0.5, 0.6) is 5.75 Å². The standard InChI is InChI=1S/C36H37F3N4O5S/c1-36(2,3)48-31(44)13-11-28(34(40)45)43-19-25-24(35(43)46)6-5-7-29(25)47-20-21-8-12-30(33(39)32(21)38)49-23-14-16-42(17-15-23)27-10-9-22(41-4)18-26(27)37/h5-10,12,18,23,28H,11,13-17,19-20H2,1-3H3,(H2,40,45)/t28-/m0/s1. The van der Waals surface area contributed by atoms with Crippen LogP contribution in [0.2, 0.25) is 0 Å². The Morgan fingerprint density at radius 2 is 1.82 bits per heavy atom. The van der Waals surface area contributed by atoms with Crippen LogP contribution >= 0.6 is 11.8 Å². The molecule has 3 aromatic carbocycles. The van der Waals surface area contributed by atoms with Crippen molar-refractivity contribution in [2.45, 2.75) is 81.4 Å². The van der Waals surface area contributed by atoms with E-state index in [2.05, 4.69) is 4.85 Å². The van der Waals surface area contributed by atoms with Gasteiger partial charge in [0.05, 0.1) is 18.8 Å². The highest BCUT2D eigenvalue weighted by Gasteiger charge is 2.37. The van der Waals surface area contributed by atoms with Gasteiger partial charge >= 0.3 is 5.97 Å². The molecule has 2 aliphatic rings. The second-order valence-electron chi connectivity index (χ2n) is 12.9. The number of esters is 1. The third kappa shape index (κ3) is 8.31. The van der Waals surface area contributed by atoms with Crippen molar-refractivity contribution in [3.05, 3.63) is 94.1 Å². The van der Waals surface area contributed by atoms with Gasteiger partial charge in [0.1, 0.15) is 29.8 Å². The molecule has 0 aromatic heterocycles. The smallest absolute Gasteiger partial charge is 0.306 e. The maximum atomic E-state index is 15.3. The minimum atomic E-state index is -1.07. The van der Waals surface area contributed by atoms with Crippen LogP contribution in [0.4, 0.5) is 24.5 Å². The maximum Gasteiger partial charge on any atom is 0.306 e. The normalized spacial score (nSPS) is 15.5. The summed E-state index contributed by atoms with van der Waals surface area (Å²) >= 11 is 1.24. The van der Waals surface area contributed by atoms with E-state index in [0.29, 0.717) is 37.2 Å². The Morgan fingerprint density at radius 1 is 1.08 bits per heavy atom. The lowest BCUT2D eigenvalue weighted by Gasteiger charge is -2.33. The van der Waals surface area contributed by atoms with Crippen molar-refractivity contribution in [2.75, 3.05) is 18.0 Å². The van der Waals surface area contributed by atoms with Gasteiger partial charge < -0.3 is 25.0 Å². The molecule has 9 nitrogen and oxygen atoms in total. The summed E-state index contributed by atoms with van der Waals surface area (Å²) in [6, 6.07) is 11.1. The van der Waals surface area contributed by atoms with E-state index in [1.165, 1.54) is 34.9 Å². The summed E-state index contributed by atoms with van der Waals surface area (Å²) in [5, 5.41) is -0.00132. The first-order chi connectivity index (χ1) is 23.3. The summed E-state index contributed by atoms with van der Waals surface area (Å²) in [5.41, 5.74) is 6.32. The number of carbonyl (C=O) groups excluding carboxylic acids is 3. The van der Waals surface area contributed by atoms with E-state index in [1.807, 2.05) is 4.90 Å². The van der Waals surface area contributed by atoms with E-state index in [4.69, 9.17) is 21.8 Å². The largest absolute Gasteiger partial charge is 0.488 e. The van der Waals surface area contributed by atoms with Crippen molar-refractivity contribution in [3.63, 3.8) is 0 Å². The monoisotopic (exact) mass is 694 g/mol. The van der Waals surface area contributed by atoms with Crippen LogP contribution in [-0.4, -0.2) is 52.7 Å². The summed E-state index contributed by atoms with van der Waals surface area (Å²) < 4.78 is 56.2. The molecule has 2 aliphatic heterocycles. The number of nitrogens with two attached hydrogens (primary N) is 1. The van der Waals surface area contributed by atoms with Gasteiger partial charge in [-0.05, 0) is 70.4 Å². The van der Waals surface area contributed by atoms with Crippen LogP contribution in [0.25, 0.3) is 4.85 Å². The number of rotatable bonds is 11. The number of piperidine rings is 1. The highest BCUT2D eigenvalue weighted by Crippen LogP contribution is 2.37. The van der Waals surface area contributed by atoms with Crippen molar-refractivity contribution in [1.29, 1.82) is 0 Å². The number of thioether (sulfide) groups is 1. The average Bonchev–Trinajstić information content (AvgIpc) is 3.38. The molecule has 0 bridgehead atoms. The van der Waals surface area contributed by atoms with E-state index < -0.39 is 46.9 Å². The minimum Gasteiger partial charge on any atom is -0.488 e. The molecule has 0 unspecified atom stereocenters. The van der Waals surface area contributed by atoms with Crippen LogP contribution < -0.4 is 15.4 Å². The number of ether oxygens (including phenoxy) is 2. The SMILES string of the molecule is [C-]#[N+]c1ccc(N2CCC(Sc3ccc(COc4cccc5c4CN([C@@H](CCC(=O)OC(C)(C)C)C(N)=O)C5=O)c(F)c3F)CC2)c(F)c1. The molecular formula is C36H37F3N4O5S. The maximum absolute atomic E-state index is 15.3. The minimum absolute atomic E-state index is 0.00132. The Bertz CT molecular complexity index is 1800. The van der Waals surface area contributed by atoms with Gasteiger partial charge in [0, 0.05) is 46.3 Å². The van der Waals surface area contributed by atoms with E-state index in [0.717, 1.165) is 0 Å². The molecule has 1 saturated heterocycles.